The molecule has 0 spiro atoms. The molecule has 2 aromatic heterocycles. The maximum atomic E-state index is 9.06. The molecule has 0 bridgehead atoms. The number of aliphatic hydroxyl groups excluding tert-OH is 1. The second kappa shape index (κ2) is 6.57. The second-order valence-corrected chi connectivity index (χ2v) is 5.70. The summed E-state index contributed by atoms with van der Waals surface area (Å²) in [6.07, 6.45) is 3.11. The van der Waals surface area contributed by atoms with Crippen molar-refractivity contribution in [3.8, 4) is 0 Å². The number of rotatable bonds is 2. The first kappa shape index (κ1) is 16.6. The van der Waals surface area contributed by atoms with E-state index in [1.54, 1.807) is 4.52 Å². The normalized spacial score (nSPS) is 21.7. The highest BCUT2D eigenvalue weighted by molar-refractivity contribution is 5.65. The quantitative estimate of drug-likeness (QED) is 0.585. The molecule has 0 aromatic carbocycles. The van der Waals surface area contributed by atoms with E-state index in [9.17, 15) is 0 Å². The van der Waals surface area contributed by atoms with Crippen LogP contribution in [0.5, 0.6) is 0 Å². The monoisotopic (exact) mass is 310 g/mol. The molecule has 8 nitrogen and oxygen atoms in total. The number of nitrogen functional groups attached to an aromatic ring is 1. The van der Waals surface area contributed by atoms with Crippen molar-refractivity contribution in [2.45, 2.75) is 44.7 Å². The van der Waals surface area contributed by atoms with Gasteiger partial charge >= 0.3 is 0 Å². The van der Waals surface area contributed by atoms with Crippen molar-refractivity contribution >= 4 is 11.3 Å². The number of aromatic nitrogens is 3. The average Bonchev–Trinajstić information content (AvgIpc) is 3.02. The van der Waals surface area contributed by atoms with Gasteiger partial charge in [-0.15, -0.1) is 0 Å². The van der Waals surface area contributed by atoms with Crippen LogP contribution in [0, 0.1) is 0 Å². The Kier molecular flexibility index (Phi) is 4.97. The van der Waals surface area contributed by atoms with Crippen molar-refractivity contribution in [1.29, 1.82) is 0 Å². The highest BCUT2D eigenvalue weighted by atomic mass is 16.5. The van der Waals surface area contributed by atoms with E-state index in [-0.39, 0.29) is 18.8 Å². The number of ether oxygens (including phenoxy) is 1. The van der Waals surface area contributed by atoms with E-state index in [0.717, 1.165) is 24.1 Å². The Morgan fingerprint density at radius 2 is 2.05 bits per heavy atom. The van der Waals surface area contributed by atoms with Crippen LogP contribution < -0.4 is 5.73 Å². The molecular formula is C14H22N4O4. The minimum absolute atomic E-state index is 0.0241. The Balaban J connectivity index is 0.000000309. The Hall–Kier alpha value is -1.74. The fraction of sp³-hybridized carbons (Fsp3) is 0.571. The number of aliphatic hydroxyl groups is 3. The first-order chi connectivity index (χ1) is 10.3. The predicted molar refractivity (Wildman–Crippen MR) is 79.8 cm³/mol. The van der Waals surface area contributed by atoms with E-state index in [0.29, 0.717) is 5.82 Å². The number of hydrogen-bond donors (Lipinski definition) is 4. The zero-order chi connectivity index (χ0) is 16.3. The molecule has 0 aliphatic carbocycles. The first-order valence-corrected chi connectivity index (χ1v) is 7.08. The maximum absolute atomic E-state index is 9.06. The van der Waals surface area contributed by atoms with Gasteiger partial charge < -0.3 is 25.8 Å². The van der Waals surface area contributed by atoms with Crippen molar-refractivity contribution in [2.75, 3.05) is 12.3 Å². The van der Waals surface area contributed by atoms with E-state index >= 15 is 0 Å². The van der Waals surface area contributed by atoms with Gasteiger partial charge in [0.25, 0.3) is 0 Å². The highest BCUT2D eigenvalue weighted by Gasteiger charge is 2.28. The Labute approximate surface area is 128 Å². The molecule has 1 saturated heterocycles. The molecule has 0 amide bonds. The van der Waals surface area contributed by atoms with Gasteiger partial charge in [0.15, 0.2) is 11.6 Å². The van der Waals surface area contributed by atoms with Gasteiger partial charge in [0.05, 0.1) is 18.4 Å². The van der Waals surface area contributed by atoms with Crippen molar-refractivity contribution in [3.05, 3.63) is 24.2 Å². The molecular weight excluding hydrogens is 288 g/mol. The van der Waals surface area contributed by atoms with Crippen LogP contribution >= 0.6 is 0 Å². The highest BCUT2D eigenvalue weighted by Crippen LogP contribution is 2.33. The number of anilines is 1. The zero-order valence-corrected chi connectivity index (χ0v) is 12.7. The van der Waals surface area contributed by atoms with Crippen molar-refractivity contribution in [2.24, 2.45) is 0 Å². The zero-order valence-electron chi connectivity index (χ0n) is 12.7. The van der Waals surface area contributed by atoms with Crippen LogP contribution in [-0.4, -0.2) is 48.4 Å². The molecule has 1 aliphatic heterocycles. The third-order valence-electron chi connectivity index (χ3n) is 3.15. The fourth-order valence-electron chi connectivity index (χ4n) is 2.27. The Morgan fingerprint density at radius 1 is 1.36 bits per heavy atom. The lowest BCUT2D eigenvalue weighted by molar-refractivity contribution is -0.127. The van der Waals surface area contributed by atoms with Crippen LogP contribution in [0.15, 0.2) is 18.5 Å². The lowest BCUT2D eigenvalue weighted by Gasteiger charge is -2.11. The summed E-state index contributed by atoms with van der Waals surface area (Å²) in [6, 6.07) is 3.84. The summed E-state index contributed by atoms with van der Waals surface area (Å²) < 4.78 is 7.49. The van der Waals surface area contributed by atoms with Crippen molar-refractivity contribution < 1.29 is 20.1 Å². The summed E-state index contributed by atoms with van der Waals surface area (Å²) in [7, 11) is 0. The minimum atomic E-state index is -1.50. The lowest BCUT2D eigenvalue weighted by Crippen LogP contribution is -2.15. The van der Waals surface area contributed by atoms with E-state index in [2.05, 4.69) is 10.1 Å². The third-order valence-corrected chi connectivity index (χ3v) is 3.15. The molecule has 1 fully saturated rings. The van der Waals surface area contributed by atoms with Gasteiger partial charge in [-0.3, -0.25) is 0 Å². The fourth-order valence-corrected chi connectivity index (χ4v) is 2.27. The van der Waals surface area contributed by atoms with Crippen LogP contribution in [0.3, 0.4) is 0 Å². The number of hydrogen-bond acceptors (Lipinski definition) is 7. The molecule has 1 unspecified atom stereocenters. The molecule has 0 saturated carbocycles. The van der Waals surface area contributed by atoms with E-state index in [1.165, 1.54) is 20.2 Å². The van der Waals surface area contributed by atoms with Crippen LogP contribution in [-0.2, 0) is 4.74 Å². The molecule has 5 N–H and O–H groups in total. The van der Waals surface area contributed by atoms with Gasteiger partial charge in [-0.05, 0) is 38.8 Å². The summed E-state index contributed by atoms with van der Waals surface area (Å²) in [6.45, 7) is 2.66. The van der Waals surface area contributed by atoms with Crippen LogP contribution in [0.1, 0.15) is 38.5 Å². The Morgan fingerprint density at radius 3 is 2.64 bits per heavy atom. The van der Waals surface area contributed by atoms with Crippen molar-refractivity contribution in [1.82, 2.24) is 14.6 Å². The molecule has 122 valence electrons. The van der Waals surface area contributed by atoms with E-state index in [1.807, 2.05) is 12.1 Å². The SMILES string of the molecule is CC(C)(O)O.Nc1ncnn2c(C3CC[C@@H](CO)O3)ccc12. The molecule has 1 aliphatic rings. The van der Waals surface area contributed by atoms with Gasteiger partial charge in [-0.1, -0.05) is 0 Å². The predicted octanol–water partition coefficient (Wildman–Crippen LogP) is 0.231. The van der Waals surface area contributed by atoms with Gasteiger partial charge in [0.1, 0.15) is 17.9 Å². The molecule has 0 radical (unpaired) electrons. The molecule has 8 heteroatoms. The van der Waals surface area contributed by atoms with E-state index < -0.39 is 5.79 Å². The maximum Gasteiger partial charge on any atom is 0.156 e. The molecule has 22 heavy (non-hydrogen) atoms. The third kappa shape index (κ3) is 4.14. The second-order valence-electron chi connectivity index (χ2n) is 5.70. The van der Waals surface area contributed by atoms with E-state index in [4.69, 9.17) is 25.8 Å². The summed E-state index contributed by atoms with van der Waals surface area (Å²) in [5, 5.41) is 29.4. The molecule has 2 aromatic rings. The van der Waals surface area contributed by atoms with Crippen LogP contribution in [0.2, 0.25) is 0 Å². The minimum Gasteiger partial charge on any atom is -0.394 e. The molecule has 3 rings (SSSR count). The summed E-state index contributed by atoms with van der Waals surface area (Å²) in [4.78, 5) is 3.94. The smallest absolute Gasteiger partial charge is 0.156 e. The van der Waals surface area contributed by atoms with Crippen LogP contribution in [0.4, 0.5) is 5.82 Å². The summed E-state index contributed by atoms with van der Waals surface area (Å²) in [5.41, 5.74) is 7.52. The lowest BCUT2D eigenvalue weighted by atomic mass is 10.1. The standard InChI is InChI=1S/C11H14N4O2.C3H8O2/c12-11-9-3-2-8(15(9)14-6-13-11)10-4-1-7(5-16)17-10;1-3(2,4)5/h2-3,6-7,10,16H,1,4-5H2,(H2,12,13,14);4-5H,1-2H3/t7-,10?;/m0./s1. The number of nitrogens with zero attached hydrogens (tertiary/aromatic N) is 3. The van der Waals surface area contributed by atoms with Gasteiger partial charge in [0.2, 0.25) is 0 Å². The topological polar surface area (TPSA) is 126 Å². The van der Waals surface area contributed by atoms with Crippen molar-refractivity contribution in [3.63, 3.8) is 0 Å². The molecule has 2 atom stereocenters. The number of fused-ring (bicyclic) bond motifs is 1. The van der Waals surface area contributed by atoms with Gasteiger partial charge in [0, 0.05) is 0 Å². The average molecular weight is 310 g/mol. The largest absolute Gasteiger partial charge is 0.394 e. The Bertz CT molecular complexity index is 617. The summed E-state index contributed by atoms with van der Waals surface area (Å²) >= 11 is 0. The van der Waals surface area contributed by atoms with Crippen LogP contribution in [0.25, 0.3) is 5.52 Å². The first-order valence-electron chi connectivity index (χ1n) is 7.08. The van der Waals surface area contributed by atoms with Gasteiger partial charge in [-0.25, -0.2) is 9.50 Å². The molecule has 3 heterocycles. The number of nitrogens with two attached hydrogens (primary N) is 1. The summed E-state index contributed by atoms with van der Waals surface area (Å²) in [5.74, 6) is -1.04. The van der Waals surface area contributed by atoms with Gasteiger partial charge in [-0.2, -0.15) is 5.10 Å².